The van der Waals surface area contributed by atoms with E-state index in [0.29, 0.717) is 22.4 Å². The molecule has 0 N–H and O–H groups in total. The molecule has 0 amide bonds. The Hall–Kier alpha value is -1.26. The van der Waals surface area contributed by atoms with Gasteiger partial charge in [-0.05, 0) is 12.1 Å². The third-order valence-corrected chi connectivity index (χ3v) is 3.72. The lowest BCUT2D eigenvalue weighted by Crippen LogP contribution is -2.02. The van der Waals surface area contributed by atoms with Gasteiger partial charge in [0.1, 0.15) is 12.4 Å². The highest BCUT2D eigenvalue weighted by atomic mass is 79.9. The minimum absolute atomic E-state index is 0.0897. The molecule has 0 radical (unpaired) electrons. The van der Waals surface area contributed by atoms with Crippen LogP contribution in [0.15, 0.2) is 36.4 Å². The predicted octanol–water partition coefficient (Wildman–Crippen LogP) is 4.96. The molecule has 0 saturated heterocycles. The van der Waals surface area contributed by atoms with Crippen molar-refractivity contribution in [3.63, 3.8) is 0 Å². The van der Waals surface area contributed by atoms with Gasteiger partial charge in [-0.1, -0.05) is 51.8 Å². The van der Waals surface area contributed by atoms with Crippen LogP contribution in [0.4, 0.5) is 4.39 Å². The molecule has 0 fully saturated rings. The predicted molar refractivity (Wildman–Crippen MR) is 81.4 cm³/mol. The summed E-state index contributed by atoms with van der Waals surface area (Å²) in [4.78, 5) is 0. The maximum absolute atomic E-state index is 13.8. The van der Waals surface area contributed by atoms with Gasteiger partial charge >= 0.3 is 0 Å². The van der Waals surface area contributed by atoms with Gasteiger partial charge in [-0.3, -0.25) is 0 Å². The van der Waals surface area contributed by atoms with Gasteiger partial charge in [0.2, 0.25) is 0 Å². The van der Waals surface area contributed by atoms with Crippen LogP contribution >= 0.6 is 27.5 Å². The van der Waals surface area contributed by atoms with E-state index in [9.17, 15) is 4.39 Å². The number of methoxy groups -OCH3 is 1. The fourth-order valence-electron chi connectivity index (χ4n) is 1.80. The van der Waals surface area contributed by atoms with Gasteiger partial charge in [-0.15, -0.1) is 0 Å². The van der Waals surface area contributed by atoms with E-state index < -0.39 is 5.82 Å². The van der Waals surface area contributed by atoms with Crippen LogP contribution < -0.4 is 9.47 Å². The van der Waals surface area contributed by atoms with Gasteiger partial charge in [0.15, 0.2) is 11.5 Å². The van der Waals surface area contributed by atoms with Crippen molar-refractivity contribution in [1.29, 1.82) is 0 Å². The highest BCUT2D eigenvalue weighted by Gasteiger charge is 2.12. The molecule has 0 spiro atoms. The molecule has 106 valence electrons. The molecule has 0 saturated carbocycles. The molecule has 0 aliphatic heterocycles. The van der Waals surface area contributed by atoms with Crippen molar-refractivity contribution in [3.05, 3.63) is 58.4 Å². The lowest BCUT2D eigenvalue weighted by molar-refractivity contribution is 0.277. The second kappa shape index (κ2) is 6.95. The number of ether oxygens (including phenoxy) is 2. The van der Waals surface area contributed by atoms with E-state index in [1.54, 1.807) is 25.3 Å². The Morgan fingerprint density at radius 2 is 1.85 bits per heavy atom. The summed E-state index contributed by atoms with van der Waals surface area (Å²) in [5.74, 6) is 0.764. The Labute approximate surface area is 130 Å². The SMILES string of the molecule is COc1cccc(CBr)c1OCc1cccc(Cl)c1F. The monoisotopic (exact) mass is 358 g/mol. The van der Waals surface area contributed by atoms with Crippen molar-refractivity contribution in [3.8, 4) is 11.5 Å². The third-order valence-electron chi connectivity index (χ3n) is 2.83. The first-order chi connectivity index (χ1) is 9.67. The molecule has 0 bridgehead atoms. The standard InChI is InChI=1S/C15H13BrClFO2/c1-19-13-7-3-4-10(8-16)15(13)20-9-11-5-2-6-12(17)14(11)18/h2-7H,8-9H2,1H3. The summed E-state index contributed by atoms with van der Waals surface area (Å²) in [5, 5.41) is 0.712. The van der Waals surface area contributed by atoms with Crippen molar-refractivity contribution in [2.24, 2.45) is 0 Å². The van der Waals surface area contributed by atoms with Crippen molar-refractivity contribution in [1.82, 2.24) is 0 Å². The molecule has 2 rings (SSSR count). The van der Waals surface area contributed by atoms with Crippen molar-refractivity contribution < 1.29 is 13.9 Å². The van der Waals surface area contributed by atoms with Crippen LogP contribution in [0.1, 0.15) is 11.1 Å². The summed E-state index contributed by atoms with van der Waals surface area (Å²) in [6, 6.07) is 10.4. The third kappa shape index (κ3) is 3.25. The van der Waals surface area contributed by atoms with Crippen LogP contribution in [0.25, 0.3) is 0 Å². The van der Waals surface area contributed by atoms with Crippen molar-refractivity contribution in [2.45, 2.75) is 11.9 Å². The van der Waals surface area contributed by atoms with E-state index in [-0.39, 0.29) is 11.6 Å². The first-order valence-corrected chi connectivity index (χ1v) is 7.44. The van der Waals surface area contributed by atoms with Crippen molar-refractivity contribution >= 4 is 27.5 Å². The molecular weight excluding hydrogens is 347 g/mol. The van der Waals surface area contributed by atoms with Crippen LogP contribution in [-0.4, -0.2) is 7.11 Å². The molecule has 2 nitrogen and oxygen atoms in total. The van der Waals surface area contributed by atoms with Crippen LogP contribution in [0.2, 0.25) is 5.02 Å². The Balaban J connectivity index is 2.24. The first kappa shape index (κ1) is 15.1. The van der Waals surface area contributed by atoms with E-state index in [1.165, 1.54) is 6.07 Å². The molecule has 0 heterocycles. The summed E-state index contributed by atoms with van der Waals surface area (Å²) < 4.78 is 24.8. The van der Waals surface area contributed by atoms with Gasteiger partial charge in [0.05, 0.1) is 12.1 Å². The first-order valence-electron chi connectivity index (χ1n) is 5.95. The minimum atomic E-state index is -0.454. The zero-order valence-corrected chi connectivity index (χ0v) is 13.2. The number of hydrogen-bond acceptors (Lipinski definition) is 2. The molecular formula is C15H13BrClFO2. The van der Waals surface area contributed by atoms with E-state index >= 15 is 0 Å². The fraction of sp³-hybridized carbons (Fsp3) is 0.200. The normalized spacial score (nSPS) is 10.4. The Morgan fingerprint density at radius 1 is 1.15 bits per heavy atom. The van der Waals surface area contributed by atoms with E-state index in [0.717, 1.165) is 5.56 Å². The summed E-state index contributed by atoms with van der Waals surface area (Å²) in [6.45, 7) is 0.0900. The van der Waals surface area contributed by atoms with E-state index in [4.69, 9.17) is 21.1 Å². The highest BCUT2D eigenvalue weighted by Crippen LogP contribution is 2.33. The summed E-state index contributed by atoms with van der Waals surface area (Å²) in [7, 11) is 1.57. The van der Waals surface area contributed by atoms with Crippen LogP contribution in [0.5, 0.6) is 11.5 Å². The summed E-state index contributed by atoms with van der Waals surface area (Å²) in [6.07, 6.45) is 0. The molecule has 0 aliphatic carbocycles. The number of halogens is 3. The number of benzene rings is 2. The summed E-state index contributed by atoms with van der Waals surface area (Å²) >= 11 is 9.14. The zero-order valence-electron chi connectivity index (χ0n) is 10.8. The summed E-state index contributed by atoms with van der Waals surface area (Å²) in [5.41, 5.74) is 1.34. The molecule has 0 aliphatic rings. The van der Waals surface area contributed by atoms with Gasteiger partial charge in [0, 0.05) is 16.5 Å². The number of para-hydroxylation sites is 1. The molecule has 2 aromatic rings. The lowest BCUT2D eigenvalue weighted by atomic mass is 10.2. The minimum Gasteiger partial charge on any atom is -0.493 e. The number of alkyl halides is 1. The fourth-order valence-corrected chi connectivity index (χ4v) is 2.44. The molecule has 0 aromatic heterocycles. The largest absolute Gasteiger partial charge is 0.493 e. The molecule has 20 heavy (non-hydrogen) atoms. The van der Waals surface area contributed by atoms with Crippen LogP contribution in [0.3, 0.4) is 0 Å². The highest BCUT2D eigenvalue weighted by molar-refractivity contribution is 9.08. The topological polar surface area (TPSA) is 18.5 Å². The number of rotatable bonds is 5. The Kier molecular flexibility index (Phi) is 5.26. The van der Waals surface area contributed by atoms with Crippen molar-refractivity contribution in [2.75, 3.05) is 7.11 Å². The average Bonchev–Trinajstić information content (AvgIpc) is 2.48. The Bertz CT molecular complexity index is 582. The number of hydrogen-bond donors (Lipinski definition) is 0. The molecule has 5 heteroatoms. The maximum atomic E-state index is 13.8. The van der Waals surface area contributed by atoms with E-state index in [1.807, 2.05) is 12.1 Å². The second-order valence-electron chi connectivity index (χ2n) is 4.08. The van der Waals surface area contributed by atoms with Crippen LogP contribution in [-0.2, 0) is 11.9 Å². The average molecular weight is 360 g/mol. The van der Waals surface area contributed by atoms with Gasteiger partial charge in [-0.2, -0.15) is 0 Å². The second-order valence-corrected chi connectivity index (χ2v) is 5.05. The van der Waals surface area contributed by atoms with Gasteiger partial charge < -0.3 is 9.47 Å². The lowest BCUT2D eigenvalue weighted by Gasteiger charge is -2.14. The van der Waals surface area contributed by atoms with Gasteiger partial charge in [0.25, 0.3) is 0 Å². The van der Waals surface area contributed by atoms with Crippen LogP contribution in [0, 0.1) is 5.82 Å². The van der Waals surface area contributed by atoms with E-state index in [2.05, 4.69) is 15.9 Å². The smallest absolute Gasteiger partial charge is 0.165 e. The maximum Gasteiger partial charge on any atom is 0.165 e. The molecule has 0 atom stereocenters. The molecule has 2 aromatic carbocycles. The quantitative estimate of drug-likeness (QED) is 0.702. The Morgan fingerprint density at radius 3 is 2.55 bits per heavy atom. The molecule has 0 unspecified atom stereocenters. The van der Waals surface area contributed by atoms with Gasteiger partial charge in [-0.25, -0.2) is 4.39 Å². The zero-order chi connectivity index (χ0) is 14.5.